The van der Waals surface area contributed by atoms with Gasteiger partial charge in [-0.3, -0.25) is 4.90 Å². The van der Waals surface area contributed by atoms with E-state index in [2.05, 4.69) is 11.9 Å². The molecule has 17 heavy (non-hydrogen) atoms. The summed E-state index contributed by atoms with van der Waals surface area (Å²) < 4.78 is 5.57. The summed E-state index contributed by atoms with van der Waals surface area (Å²) in [6.07, 6.45) is 2.71. The van der Waals surface area contributed by atoms with Crippen LogP contribution >= 0.6 is 23.2 Å². The molecule has 0 saturated carbocycles. The molecule has 0 aliphatic carbocycles. The molecule has 2 aromatic rings. The van der Waals surface area contributed by atoms with Gasteiger partial charge in [-0.05, 0) is 31.2 Å². The Hall–Kier alpha value is -0.700. The first-order valence-electron chi connectivity index (χ1n) is 5.64. The van der Waals surface area contributed by atoms with Crippen LogP contribution in [0, 0.1) is 0 Å². The van der Waals surface area contributed by atoms with E-state index in [1.165, 1.54) is 16.5 Å². The largest absolute Gasteiger partial charge is 0.464 e. The molecule has 0 N–H and O–H groups in total. The van der Waals surface area contributed by atoms with Crippen molar-refractivity contribution < 1.29 is 4.42 Å². The zero-order chi connectivity index (χ0) is 12.0. The minimum Gasteiger partial charge on any atom is -0.464 e. The number of hydrogen-bond acceptors (Lipinski definition) is 2. The highest BCUT2D eigenvalue weighted by atomic mass is 35.5. The van der Waals surface area contributed by atoms with Gasteiger partial charge >= 0.3 is 0 Å². The molecule has 1 unspecified atom stereocenters. The first-order valence-corrected chi connectivity index (χ1v) is 6.55. The first kappa shape index (κ1) is 11.4. The van der Waals surface area contributed by atoms with Gasteiger partial charge in [-0.2, -0.15) is 0 Å². The van der Waals surface area contributed by atoms with Crippen molar-refractivity contribution in [1.82, 2.24) is 4.90 Å². The van der Waals surface area contributed by atoms with Gasteiger partial charge < -0.3 is 4.42 Å². The topological polar surface area (TPSA) is 16.4 Å². The summed E-state index contributed by atoms with van der Waals surface area (Å²) in [5.74, 6) is 0.616. The molecule has 2 nitrogen and oxygen atoms in total. The molecule has 0 saturated heterocycles. The number of nitrogens with zero attached hydrogens (tertiary/aromatic N) is 1. The van der Waals surface area contributed by atoms with Gasteiger partial charge in [-0.1, -0.05) is 11.6 Å². The van der Waals surface area contributed by atoms with E-state index in [1.54, 1.807) is 0 Å². The predicted octanol–water partition coefficient (Wildman–Crippen LogP) is 3.68. The lowest BCUT2D eigenvalue weighted by Crippen LogP contribution is -2.33. The van der Waals surface area contributed by atoms with Crippen LogP contribution in [0.5, 0.6) is 0 Å². The number of rotatable bonds is 1. The Balaban J connectivity index is 2.24. The highest BCUT2D eigenvalue weighted by molar-refractivity contribution is 6.32. The van der Waals surface area contributed by atoms with Gasteiger partial charge in [-0.15, -0.1) is 11.6 Å². The third-order valence-electron chi connectivity index (χ3n) is 3.53. The van der Waals surface area contributed by atoms with Crippen molar-refractivity contribution in [2.45, 2.75) is 19.0 Å². The Bertz CT molecular complexity index is 564. The van der Waals surface area contributed by atoms with Gasteiger partial charge in [0.05, 0.1) is 6.26 Å². The average molecular weight is 270 g/mol. The molecular weight excluding hydrogens is 257 g/mol. The second kappa shape index (κ2) is 4.20. The quantitative estimate of drug-likeness (QED) is 0.735. The second-order valence-corrected chi connectivity index (χ2v) is 5.30. The molecule has 3 rings (SSSR count). The Morgan fingerprint density at radius 2 is 2.29 bits per heavy atom. The lowest BCUT2D eigenvalue weighted by atomic mass is 10.0. The first-order chi connectivity index (χ1) is 8.20. The summed E-state index contributed by atoms with van der Waals surface area (Å²) in [7, 11) is 2.09. The average Bonchev–Trinajstić information content (AvgIpc) is 2.64. The summed E-state index contributed by atoms with van der Waals surface area (Å²) in [5, 5.41) is 1.99. The van der Waals surface area contributed by atoms with E-state index in [4.69, 9.17) is 27.6 Å². The predicted molar refractivity (Wildman–Crippen MR) is 70.9 cm³/mol. The van der Waals surface area contributed by atoms with Crippen LogP contribution in [0.1, 0.15) is 11.1 Å². The van der Waals surface area contributed by atoms with Crippen LogP contribution in [0.3, 0.4) is 0 Å². The molecule has 1 aliphatic heterocycles. The third kappa shape index (κ3) is 1.75. The van der Waals surface area contributed by atoms with Gasteiger partial charge in [0.15, 0.2) is 0 Å². The smallest absolute Gasteiger partial charge is 0.134 e. The summed E-state index contributed by atoms with van der Waals surface area (Å²) in [6, 6.07) is 4.17. The molecule has 0 amide bonds. The molecule has 1 aromatic heterocycles. The minimum absolute atomic E-state index is 0.326. The van der Waals surface area contributed by atoms with Gasteiger partial charge in [0.2, 0.25) is 0 Å². The molecule has 0 fully saturated rings. The standard InChI is InChI=1S/C13H13Cl2NO/c1-16-6-8-7-17-12-3-2-11(15)10(13(8)12)4-9(16)5-14/h2-3,7,9H,4-6H2,1H3. The van der Waals surface area contributed by atoms with E-state index in [0.29, 0.717) is 11.9 Å². The fourth-order valence-corrected chi connectivity index (χ4v) is 3.10. The van der Waals surface area contributed by atoms with Gasteiger partial charge in [-0.25, -0.2) is 0 Å². The summed E-state index contributed by atoms with van der Waals surface area (Å²) in [4.78, 5) is 2.26. The Kier molecular flexibility index (Phi) is 2.81. The zero-order valence-electron chi connectivity index (χ0n) is 9.54. The van der Waals surface area contributed by atoms with E-state index < -0.39 is 0 Å². The normalized spacial score (nSPS) is 20.8. The lowest BCUT2D eigenvalue weighted by Gasteiger charge is -2.23. The Labute approximate surface area is 110 Å². The third-order valence-corrected chi connectivity index (χ3v) is 4.24. The van der Waals surface area contributed by atoms with Crippen molar-refractivity contribution in [3.63, 3.8) is 0 Å². The van der Waals surface area contributed by atoms with Crippen LogP contribution < -0.4 is 0 Å². The minimum atomic E-state index is 0.326. The maximum Gasteiger partial charge on any atom is 0.134 e. The number of alkyl halides is 1. The van der Waals surface area contributed by atoms with Crippen LogP contribution in [0.2, 0.25) is 5.02 Å². The van der Waals surface area contributed by atoms with Crippen molar-refractivity contribution in [3.05, 3.63) is 34.5 Å². The van der Waals surface area contributed by atoms with E-state index in [1.807, 2.05) is 18.4 Å². The fourth-order valence-electron chi connectivity index (χ4n) is 2.52. The van der Waals surface area contributed by atoms with Crippen LogP contribution in [0.15, 0.2) is 22.8 Å². The molecule has 0 spiro atoms. The second-order valence-electron chi connectivity index (χ2n) is 4.59. The summed E-state index contributed by atoms with van der Waals surface area (Å²) >= 11 is 12.3. The highest BCUT2D eigenvalue weighted by Gasteiger charge is 2.25. The van der Waals surface area contributed by atoms with Gasteiger partial charge in [0, 0.05) is 34.4 Å². The molecule has 0 radical (unpaired) electrons. The monoisotopic (exact) mass is 269 g/mol. The zero-order valence-corrected chi connectivity index (χ0v) is 11.1. The maximum atomic E-state index is 6.31. The molecule has 1 aromatic carbocycles. The number of hydrogen-bond donors (Lipinski definition) is 0. The van der Waals surface area contributed by atoms with E-state index in [-0.39, 0.29) is 0 Å². The highest BCUT2D eigenvalue weighted by Crippen LogP contribution is 2.35. The van der Waals surface area contributed by atoms with Crippen molar-refractivity contribution >= 4 is 34.2 Å². The summed E-state index contributed by atoms with van der Waals surface area (Å²) in [6.45, 7) is 0.859. The van der Waals surface area contributed by atoms with E-state index >= 15 is 0 Å². The molecule has 0 bridgehead atoms. The SMILES string of the molecule is CN1Cc2coc3ccc(Cl)c(c23)CC1CCl. The molecular formula is C13H13Cl2NO. The summed E-state index contributed by atoms with van der Waals surface area (Å²) in [5.41, 5.74) is 3.29. The van der Waals surface area contributed by atoms with Crippen molar-refractivity contribution in [1.29, 1.82) is 0 Å². The van der Waals surface area contributed by atoms with Crippen LogP contribution in [0.25, 0.3) is 11.0 Å². The van der Waals surface area contributed by atoms with E-state index in [9.17, 15) is 0 Å². The van der Waals surface area contributed by atoms with Crippen LogP contribution in [-0.4, -0.2) is 23.9 Å². The number of likely N-dealkylation sites (N-methyl/N-ethyl adjacent to an activating group) is 1. The molecule has 90 valence electrons. The van der Waals surface area contributed by atoms with Crippen molar-refractivity contribution in [2.24, 2.45) is 0 Å². The van der Waals surface area contributed by atoms with Crippen LogP contribution in [0.4, 0.5) is 0 Å². The molecule has 2 heterocycles. The van der Waals surface area contributed by atoms with Crippen molar-refractivity contribution in [3.8, 4) is 0 Å². The van der Waals surface area contributed by atoms with E-state index in [0.717, 1.165) is 23.6 Å². The number of halogens is 2. The van der Waals surface area contributed by atoms with Gasteiger partial charge in [0.25, 0.3) is 0 Å². The van der Waals surface area contributed by atoms with Gasteiger partial charge in [0.1, 0.15) is 5.58 Å². The maximum absolute atomic E-state index is 6.31. The van der Waals surface area contributed by atoms with Crippen molar-refractivity contribution in [2.75, 3.05) is 12.9 Å². The Morgan fingerprint density at radius 3 is 3.06 bits per heavy atom. The molecule has 1 atom stereocenters. The van der Waals surface area contributed by atoms with Crippen LogP contribution in [-0.2, 0) is 13.0 Å². The number of furan rings is 1. The molecule has 4 heteroatoms. The lowest BCUT2D eigenvalue weighted by molar-refractivity contribution is 0.254. The molecule has 1 aliphatic rings. The number of benzene rings is 1. The Morgan fingerprint density at radius 1 is 1.47 bits per heavy atom. The fraction of sp³-hybridized carbons (Fsp3) is 0.385.